The number of hydrogen-bond acceptors (Lipinski definition) is 3. The molecule has 0 radical (unpaired) electrons. The summed E-state index contributed by atoms with van der Waals surface area (Å²) in [5, 5.41) is 6.76. The first-order valence-electron chi connectivity index (χ1n) is 6.48. The van der Waals surface area contributed by atoms with E-state index in [4.69, 9.17) is 12.2 Å². The highest BCUT2D eigenvalue weighted by atomic mass is 32.1. The van der Waals surface area contributed by atoms with Crippen molar-refractivity contribution >= 4 is 12.2 Å². The second-order valence-corrected chi connectivity index (χ2v) is 5.28. The molecule has 0 unspecified atom stereocenters. The molecular formula is C15H14N4OS. The molecule has 21 heavy (non-hydrogen) atoms. The molecule has 0 aliphatic heterocycles. The number of nitrogens with zero attached hydrogens (tertiary/aromatic N) is 2. The number of H-pyrrole nitrogens is 2. The Morgan fingerprint density at radius 1 is 1.14 bits per heavy atom. The van der Waals surface area contributed by atoms with Gasteiger partial charge in [-0.2, -0.15) is 5.10 Å². The Kier molecular flexibility index (Phi) is 3.31. The first-order chi connectivity index (χ1) is 10.1. The summed E-state index contributed by atoms with van der Waals surface area (Å²) in [5.41, 5.74) is 3.23. The van der Waals surface area contributed by atoms with Gasteiger partial charge in [0.2, 0.25) is 0 Å². The Morgan fingerprint density at radius 3 is 2.43 bits per heavy atom. The molecule has 0 aliphatic rings. The van der Waals surface area contributed by atoms with Crippen LogP contribution >= 0.6 is 12.2 Å². The summed E-state index contributed by atoms with van der Waals surface area (Å²) in [4.78, 5) is 15.2. The van der Waals surface area contributed by atoms with E-state index >= 15 is 0 Å². The Balaban J connectivity index is 2.08. The van der Waals surface area contributed by atoms with Crippen molar-refractivity contribution < 1.29 is 0 Å². The van der Waals surface area contributed by atoms with E-state index in [0.29, 0.717) is 16.2 Å². The fraction of sp³-hybridized carbons (Fsp3) is 0.133. The number of aromatic amines is 2. The number of aromatic nitrogens is 4. The van der Waals surface area contributed by atoms with Crippen LogP contribution in [-0.2, 0) is 7.05 Å². The van der Waals surface area contributed by atoms with Crippen LogP contribution in [0.3, 0.4) is 0 Å². The summed E-state index contributed by atoms with van der Waals surface area (Å²) < 4.78 is 2.15. The fourth-order valence-electron chi connectivity index (χ4n) is 2.14. The monoisotopic (exact) mass is 298 g/mol. The van der Waals surface area contributed by atoms with Crippen LogP contribution in [0.1, 0.15) is 5.56 Å². The second-order valence-electron chi connectivity index (χ2n) is 4.89. The molecule has 0 atom stereocenters. The van der Waals surface area contributed by atoms with E-state index in [2.05, 4.69) is 15.2 Å². The number of hydrogen-bond donors (Lipinski definition) is 2. The van der Waals surface area contributed by atoms with Crippen LogP contribution in [0.2, 0.25) is 0 Å². The van der Waals surface area contributed by atoms with Gasteiger partial charge in [0.25, 0.3) is 5.56 Å². The summed E-state index contributed by atoms with van der Waals surface area (Å²) in [7, 11) is 1.77. The average molecular weight is 298 g/mol. The summed E-state index contributed by atoms with van der Waals surface area (Å²) in [6.07, 6.45) is 0. The van der Waals surface area contributed by atoms with E-state index in [9.17, 15) is 4.79 Å². The zero-order valence-electron chi connectivity index (χ0n) is 11.7. The van der Waals surface area contributed by atoms with Crippen LogP contribution in [0.25, 0.3) is 22.6 Å². The maximum Gasteiger partial charge on any atom is 0.259 e. The van der Waals surface area contributed by atoms with Crippen molar-refractivity contribution in [3.05, 3.63) is 57.1 Å². The highest BCUT2D eigenvalue weighted by Gasteiger charge is 2.10. The molecule has 0 amide bonds. The third-order valence-electron chi connectivity index (χ3n) is 3.39. The Bertz CT molecular complexity index is 902. The lowest BCUT2D eigenvalue weighted by Crippen LogP contribution is -2.11. The molecule has 3 aromatic rings. The normalized spacial score (nSPS) is 10.8. The van der Waals surface area contributed by atoms with Gasteiger partial charge in [-0.05, 0) is 36.8 Å². The molecule has 0 spiro atoms. The molecule has 2 heterocycles. The highest BCUT2D eigenvalue weighted by Crippen LogP contribution is 2.18. The molecule has 6 heteroatoms. The third kappa shape index (κ3) is 2.45. The standard InChI is InChI=1S/C15H14N4OS/c1-9-3-5-10(6-4-9)12-8-7-11(14(20)16-12)13-17-18-15(21)19(13)2/h3-8H,1-2H3,(H,16,20)(H,18,21). The van der Waals surface area contributed by atoms with Gasteiger partial charge in [-0.25, -0.2) is 0 Å². The number of rotatable bonds is 2. The fourth-order valence-corrected chi connectivity index (χ4v) is 2.27. The maximum atomic E-state index is 12.3. The summed E-state index contributed by atoms with van der Waals surface area (Å²) in [5.74, 6) is 0.525. The Labute approximate surface area is 126 Å². The molecule has 3 rings (SSSR count). The molecule has 0 fully saturated rings. The topological polar surface area (TPSA) is 66.5 Å². The highest BCUT2D eigenvalue weighted by molar-refractivity contribution is 7.71. The largest absolute Gasteiger partial charge is 0.321 e. The maximum absolute atomic E-state index is 12.3. The van der Waals surface area contributed by atoms with E-state index in [-0.39, 0.29) is 5.56 Å². The molecule has 2 aromatic heterocycles. The Morgan fingerprint density at radius 2 is 1.86 bits per heavy atom. The van der Waals surface area contributed by atoms with Gasteiger partial charge in [0.05, 0.1) is 5.56 Å². The van der Waals surface area contributed by atoms with Crippen molar-refractivity contribution in [3.8, 4) is 22.6 Å². The van der Waals surface area contributed by atoms with Gasteiger partial charge >= 0.3 is 0 Å². The van der Waals surface area contributed by atoms with Gasteiger partial charge in [-0.15, -0.1) is 0 Å². The zero-order valence-corrected chi connectivity index (χ0v) is 12.5. The SMILES string of the molecule is Cc1ccc(-c2ccc(-c3n[nH]c(=S)n3C)c(=O)[nH]2)cc1. The van der Waals surface area contributed by atoms with Gasteiger partial charge in [0.15, 0.2) is 10.6 Å². The van der Waals surface area contributed by atoms with Crippen LogP contribution in [-0.4, -0.2) is 19.7 Å². The van der Waals surface area contributed by atoms with Crippen molar-refractivity contribution in [2.75, 3.05) is 0 Å². The number of aryl methyl sites for hydroxylation is 1. The Hall–Kier alpha value is -2.47. The van der Waals surface area contributed by atoms with E-state index in [1.165, 1.54) is 5.56 Å². The molecule has 1 aromatic carbocycles. The lowest BCUT2D eigenvalue weighted by molar-refractivity contribution is 0.899. The van der Waals surface area contributed by atoms with E-state index < -0.39 is 0 Å². The van der Waals surface area contributed by atoms with Crippen LogP contribution in [0, 0.1) is 11.7 Å². The van der Waals surface area contributed by atoms with Gasteiger partial charge in [0.1, 0.15) is 0 Å². The van der Waals surface area contributed by atoms with Crippen molar-refractivity contribution in [2.45, 2.75) is 6.92 Å². The average Bonchev–Trinajstić information content (AvgIpc) is 2.80. The van der Waals surface area contributed by atoms with E-state index in [1.807, 2.05) is 37.3 Å². The van der Waals surface area contributed by atoms with Crippen LogP contribution in [0.15, 0.2) is 41.2 Å². The molecule has 0 bridgehead atoms. The van der Waals surface area contributed by atoms with Crippen molar-refractivity contribution in [2.24, 2.45) is 7.05 Å². The van der Waals surface area contributed by atoms with E-state index in [0.717, 1.165) is 11.3 Å². The minimum atomic E-state index is -0.190. The summed E-state index contributed by atoms with van der Waals surface area (Å²) in [6, 6.07) is 11.6. The lowest BCUT2D eigenvalue weighted by atomic mass is 10.1. The molecule has 106 valence electrons. The minimum Gasteiger partial charge on any atom is -0.321 e. The molecule has 0 aliphatic carbocycles. The quantitative estimate of drug-likeness (QED) is 0.715. The molecule has 2 N–H and O–H groups in total. The number of benzene rings is 1. The number of nitrogens with one attached hydrogen (secondary N) is 2. The van der Waals surface area contributed by atoms with Crippen molar-refractivity contribution in [1.29, 1.82) is 0 Å². The molecule has 5 nitrogen and oxygen atoms in total. The van der Waals surface area contributed by atoms with E-state index in [1.54, 1.807) is 17.7 Å². The molecule has 0 saturated carbocycles. The minimum absolute atomic E-state index is 0.190. The zero-order chi connectivity index (χ0) is 15.0. The molecule has 0 saturated heterocycles. The lowest BCUT2D eigenvalue weighted by Gasteiger charge is -2.04. The summed E-state index contributed by atoms with van der Waals surface area (Å²) in [6.45, 7) is 2.03. The van der Waals surface area contributed by atoms with Crippen molar-refractivity contribution in [3.63, 3.8) is 0 Å². The van der Waals surface area contributed by atoms with Gasteiger partial charge in [0, 0.05) is 12.7 Å². The first kappa shape index (κ1) is 13.5. The van der Waals surface area contributed by atoms with Crippen molar-refractivity contribution in [1.82, 2.24) is 19.7 Å². The van der Waals surface area contributed by atoms with Crippen LogP contribution in [0.5, 0.6) is 0 Å². The predicted molar refractivity (Wildman–Crippen MR) is 84.6 cm³/mol. The summed E-state index contributed by atoms with van der Waals surface area (Å²) >= 11 is 5.06. The second kappa shape index (κ2) is 5.14. The van der Waals surface area contributed by atoms with Crippen LogP contribution < -0.4 is 5.56 Å². The van der Waals surface area contributed by atoms with Crippen LogP contribution in [0.4, 0.5) is 0 Å². The smallest absolute Gasteiger partial charge is 0.259 e. The number of pyridine rings is 1. The molecular weight excluding hydrogens is 284 g/mol. The van der Waals surface area contributed by atoms with Gasteiger partial charge in [-0.1, -0.05) is 29.8 Å². The van der Waals surface area contributed by atoms with Gasteiger partial charge in [-0.3, -0.25) is 9.89 Å². The predicted octanol–water partition coefficient (Wildman–Crippen LogP) is 2.81. The first-order valence-corrected chi connectivity index (χ1v) is 6.89. The van der Waals surface area contributed by atoms with Gasteiger partial charge < -0.3 is 9.55 Å². The third-order valence-corrected chi connectivity index (χ3v) is 3.76.